The Kier molecular flexibility index (Phi) is 8.17. The molecule has 2 amide bonds. The Hall–Kier alpha value is -3.59. The van der Waals surface area contributed by atoms with Gasteiger partial charge in [-0.2, -0.15) is 5.10 Å². The van der Waals surface area contributed by atoms with Gasteiger partial charge in [-0.05, 0) is 57.4 Å². The highest BCUT2D eigenvalue weighted by molar-refractivity contribution is 5.97. The molecule has 9 heteroatoms. The SMILES string of the molecule is C[C@H](NC(=O)[C@H](O)c1cc(F)cc(F)c1)C(=O)Nc1cc(C(C)(C)Cc2ccccc2)nn1C(C)(C)C. The van der Waals surface area contributed by atoms with Gasteiger partial charge >= 0.3 is 0 Å². The fraction of sp³-hybridized carbons (Fsp3) is 0.393. The first-order valence-corrected chi connectivity index (χ1v) is 12.1. The van der Waals surface area contributed by atoms with Gasteiger partial charge in [0, 0.05) is 17.5 Å². The van der Waals surface area contributed by atoms with Crippen LogP contribution in [0.3, 0.4) is 0 Å². The molecule has 3 N–H and O–H groups in total. The van der Waals surface area contributed by atoms with Crippen LogP contribution in [0.5, 0.6) is 0 Å². The highest BCUT2D eigenvalue weighted by Crippen LogP contribution is 2.31. The number of rotatable bonds is 8. The van der Waals surface area contributed by atoms with E-state index in [2.05, 4.69) is 36.6 Å². The van der Waals surface area contributed by atoms with Gasteiger partial charge in [-0.1, -0.05) is 44.2 Å². The Morgan fingerprint density at radius 1 is 0.973 bits per heavy atom. The minimum Gasteiger partial charge on any atom is -0.378 e. The number of aliphatic hydroxyl groups excluding tert-OH is 1. The minimum atomic E-state index is -1.84. The quantitative estimate of drug-likeness (QED) is 0.411. The Bertz CT molecular complexity index is 1250. The zero-order valence-electron chi connectivity index (χ0n) is 22.0. The summed E-state index contributed by atoms with van der Waals surface area (Å²) < 4.78 is 28.7. The largest absolute Gasteiger partial charge is 0.378 e. The van der Waals surface area contributed by atoms with E-state index >= 15 is 0 Å². The molecule has 0 aliphatic heterocycles. The Morgan fingerprint density at radius 2 is 1.57 bits per heavy atom. The number of hydrogen-bond acceptors (Lipinski definition) is 4. The van der Waals surface area contributed by atoms with Gasteiger partial charge < -0.3 is 15.7 Å². The molecule has 1 aromatic heterocycles. The van der Waals surface area contributed by atoms with Gasteiger partial charge in [0.05, 0.1) is 11.2 Å². The molecule has 0 fully saturated rings. The van der Waals surface area contributed by atoms with Gasteiger partial charge in [0.25, 0.3) is 5.91 Å². The van der Waals surface area contributed by atoms with Gasteiger partial charge in [-0.15, -0.1) is 0 Å². The van der Waals surface area contributed by atoms with Crippen molar-refractivity contribution in [3.05, 3.63) is 83.1 Å². The molecule has 3 aromatic rings. The number of benzene rings is 2. The minimum absolute atomic E-state index is 0.251. The number of nitrogens with zero attached hydrogens (tertiary/aromatic N) is 2. The van der Waals surface area contributed by atoms with Crippen LogP contribution in [0.2, 0.25) is 0 Å². The van der Waals surface area contributed by atoms with Crippen molar-refractivity contribution in [2.45, 2.75) is 71.1 Å². The summed E-state index contributed by atoms with van der Waals surface area (Å²) in [5.74, 6) is -2.88. The molecule has 0 radical (unpaired) electrons. The van der Waals surface area contributed by atoms with Crippen molar-refractivity contribution in [2.75, 3.05) is 5.32 Å². The van der Waals surface area contributed by atoms with E-state index < -0.39 is 41.1 Å². The number of anilines is 1. The van der Waals surface area contributed by atoms with Gasteiger partial charge in [-0.25, -0.2) is 13.5 Å². The van der Waals surface area contributed by atoms with Gasteiger partial charge in [0.2, 0.25) is 5.91 Å². The predicted octanol–water partition coefficient (Wildman–Crippen LogP) is 4.61. The van der Waals surface area contributed by atoms with Crippen LogP contribution < -0.4 is 10.6 Å². The molecule has 198 valence electrons. The topological polar surface area (TPSA) is 96.2 Å². The van der Waals surface area contributed by atoms with E-state index in [4.69, 9.17) is 5.10 Å². The number of carbonyl (C=O) groups excluding carboxylic acids is 2. The van der Waals surface area contributed by atoms with Crippen LogP contribution in [0.15, 0.2) is 54.6 Å². The van der Waals surface area contributed by atoms with Crippen LogP contribution in [0.25, 0.3) is 0 Å². The molecular weight excluding hydrogens is 478 g/mol. The Labute approximate surface area is 215 Å². The number of amides is 2. The van der Waals surface area contributed by atoms with Gasteiger partial charge in [-0.3, -0.25) is 9.59 Å². The van der Waals surface area contributed by atoms with E-state index in [0.29, 0.717) is 11.9 Å². The van der Waals surface area contributed by atoms with Crippen molar-refractivity contribution < 1.29 is 23.5 Å². The molecule has 0 saturated heterocycles. The lowest BCUT2D eigenvalue weighted by Crippen LogP contribution is -2.44. The first-order chi connectivity index (χ1) is 17.2. The zero-order valence-corrected chi connectivity index (χ0v) is 22.0. The van der Waals surface area contributed by atoms with Crippen molar-refractivity contribution in [2.24, 2.45) is 0 Å². The summed E-state index contributed by atoms with van der Waals surface area (Å²) in [6.07, 6.45) is -1.10. The predicted molar refractivity (Wildman–Crippen MR) is 138 cm³/mol. The van der Waals surface area contributed by atoms with Gasteiger partial charge in [0.15, 0.2) is 6.10 Å². The monoisotopic (exact) mass is 512 g/mol. The maximum atomic E-state index is 13.5. The van der Waals surface area contributed by atoms with Crippen LogP contribution >= 0.6 is 0 Å². The molecule has 0 saturated carbocycles. The molecule has 2 aromatic carbocycles. The summed E-state index contributed by atoms with van der Waals surface area (Å²) in [7, 11) is 0. The maximum absolute atomic E-state index is 13.5. The third-order valence-electron chi connectivity index (χ3n) is 5.98. The summed E-state index contributed by atoms with van der Waals surface area (Å²) in [6, 6.07) is 13.2. The Balaban J connectivity index is 1.76. The smallest absolute Gasteiger partial charge is 0.254 e. The van der Waals surface area contributed by atoms with Crippen molar-refractivity contribution in [1.29, 1.82) is 0 Å². The molecule has 3 rings (SSSR count). The first kappa shape index (κ1) is 28.0. The van der Waals surface area contributed by atoms with Crippen molar-refractivity contribution >= 4 is 17.6 Å². The summed E-state index contributed by atoms with van der Waals surface area (Å²) in [4.78, 5) is 25.4. The van der Waals surface area contributed by atoms with Crippen LogP contribution in [-0.4, -0.2) is 32.7 Å². The van der Waals surface area contributed by atoms with Crippen LogP contribution in [-0.2, 0) is 27.0 Å². The molecule has 0 bridgehead atoms. The molecule has 0 spiro atoms. The van der Waals surface area contributed by atoms with Crippen LogP contribution in [0.1, 0.15) is 64.5 Å². The van der Waals surface area contributed by atoms with Crippen molar-refractivity contribution in [1.82, 2.24) is 15.1 Å². The number of nitrogens with one attached hydrogen (secondary N) is 2. The number of carbonyl (C=O) groups is 2. The summed E-state index contributed by atoms with van der Waals surface area (Å²) >= 11 is 0. The van der Waals surface area contributed by atoms with E-state index in [1.54, 1.807) is 4.68 Å². The highest BCUT2D eigenvalue weighted by atomic mass is 19.1. The van der Waals surface area contributed by atoms with E-state index in [0.717, 1.165) is 29.8 Å². The highest BCUT2D eigenvalue weighted by Gasteiger charge is 2.30. The van der Waals surface area contributed by atoms with Crippen molar-refractivity contribution in [3.8, 4) is 0 Å². The van der Waals surface area contributed by atoms with Crippen molar-refractivity contribution in [3.63, 3.8) is 0 Å². The third kappa shape index (κ3) is 7.01. The lowest BCUT2D eigenvalue weighted by Gasteiger charge is -2.25. The number of halogens is 2. The third-order valence-corrected chi connectivity index (χ3v) is 5.98. The lowest BCUT2D eigenvalue weighted by atomic mass is 9.83. The molecule has 1 heterocycles. The second-order valence-corrected chi connectivity index (χ2v) is 10.9. The standard InChI is InChI=1S/C28H34F2N4O3/c1-17(31-26(37)24(35)19-12-20(29)14-21(30)13-19)25(36)32-23-15-22(33-34(23)27(2,3)4)28(5,6)16-18-10-8-7-9-11-18/h7-15,17,24,35H,16H2,1-6H3,(H,31,37)(H,32,36)/t17-,24+/m0/s1. The number of aromatic nitrogens is 2. The molecule has 0 unspecified atom stereocenters. The number of hydrogen-bond donors (Lipinski definition) is 3. The summed E-state index contributed by atoms with van der Waals surface area (Å²) in [5.41, 5.74) is 0.923. The second kappa shape index (κ2) is 10.8. The fourth-order valence-electron chi connectivity index (χ4n) is 3.99. The van der Waals surface area contributed by atoms with E-state index in [1.807, 2.05) is 45.0 Å². The molecular formula is C28H34F2N4O3. The average Bonchev–Trinajstić information content (AvgIpc) is 3.23. The number of aliphatic hydroxyl groups is 1. The molecule has 37 heavy (non-hydrogen) atoms. The molecule has 0 aliphatic carbocycles. The Morgan fingerprint density at radius 3 is 2.14 bits per heavy atom. The van der Waals surface area contributed by atoms with E-state index in [1.165, 1.54) is 6.92 Å². The molecule has 7 nitrogen and oxygen atoms in total. The van der Waals surface area contributed by atoms with Gasteiger partial charge in [0.1, 0.15) is 23.5 Å². The average molecular weight is 513 g/mol. The lowest BCUT2D eigenvalue weighted by molar-refractivity contribution is -0.132. The normalized spacial score (nSPS) is 13.6. The van der Waals surface area contributed by atoms with E-state index in [-0.39, 0.29) is 11.0 Å². The molecule has 2 atom stereocenters. The second-order valence-electron chi connectivity index (χ2n) is 10.9. The summed E-state index contributed by atoms with van der Waals surface area (Å²) in [6.45, 7) is 11.5. The maximum Gasteiger partial charge on any atom is 0.254 e. The fourth-order valence-corrected chi connectivity index (χ4v) is 3.99. The zero-order chi connectivity index (χ0) is 27.5. The molecule has 0 aliphatic rings. The first-order valence-electron chi connectivity index (χ1n) is 12.1. The van der Waals surface area contributed by atoms with Crippen LogP contribution in [0.4, 0.5) is 14.6 Å². The van der Waals surface area contributed by atoms with E-state index in [9.17, 15) is 23.5 Å². The van der Waals surface area contributed by atoms with Crippen LogP contribution in [0, 0.1) is 11.6 Å². The summed E-state index contributed by atoms with van der Waals surface area (Å²) in [5, 5.41) is 20.3.